The molecule has 0 saturated carbocycles. The maximum Gasteiger partial charge on any atom is 0.245 e. The molecule has 0 amide bonds. The third-order valence-electron chi connectivity index (χ3n) is 5.48. The van der Waals surface area contributed by atoms with Crippen molar-refractivity contribution in [2.75, 3.05) is 20.8 Å². The fourth-order valence-corrected chi connectivity index (χ4v) is 5.50. The van der Waals surface area contributed by atoms with Crippen LogP contribution in [0.1, 0.15) is 37.4 Å². The van der Waals surface area contributed by atoms with Crippen molar-refractivity contribution in [2.45, 2.75) is 36.6 Å². The van der Waals surface area contributed by atoms with Gasteiger partial charge in [0.15, 0.2) is 17.3 Å². The lowest BCUT2D eigenvalue weighted by atomic mass is 10.1. The second kappa shape index (κ2) is 9.07. The summed E-state index contributed by atoms with van der Waals surface area (Å²) in [6, 6.07) is 10.1. The molecular weight excluding hydrogens is 418 g/mol. The van der Waals surface area contributed by atoms with Crippen LogP contribution < -0.4 is 9.47 Å². The van der Waals surface area contributed by atoms with Gasteiger partial charge in [-0.05, 0) is 43.2 Å². The first-order valence-corrected chi connectivity index (χ1v) is 11.6. The summed E-state index contributed by atoms with van der Waals surface area (Å²) in [5.41, 5.74) is 1.37. The van der Waals surface area contributed by atoms with Gasteiger partial charge < -0.3 is 14.0 Å². The lowest BCUT2D eigenvalue weighted by Crippen LogP contribution is -2.35. The van der Waals surface area contributed by atoms with Gasteiger partial charge in [0, 0.05) is 30.6 Å². The van der Waals surface area contributed by atoms with Crippen LogP contribution in [-0.4, -0.2) is 43.6 Å². The van der Waals surface area contributed by atoms with Crippen LogP contribution in [0, 0.1) is 0 Å². The summed E-state index contributed by atoms with van der Waals surface area (Å²) >= 11 is 0. The summed E-state index contributed by atoms with van der Waals surface area (Å²) in [4.78, 5) is 4.16. The predicted molar refractivity (Wildman–Crippen MR) is 114 cm³/mol. The average Bonchev–Trinajstić information content (AvgIpc) is 3.16. The van der Waals surface area contributed by atoms with Crippen LogP contribution in [0.2, 0.25) is 0 Å². The smallest absolute Gasteiger partial charge is 0.245 e. The number of rotatable bonds is 6. The third kappa shape index (κ3) is 4.28. The first kappa shape index (κ1) is 21.3. The van der Waals surface area contributed by atoms with E-state index in [0.29, 0.717) is 35.9 Å². The number of ether oxygens (including phenoxy) is 2. The standard InChI is InChI=1S/C22H25N3O5S/c1-28-20-10-9-16(13-22(20)29-2)21-14-18(24-30-21)19-8-4-3-5-12-25(19)31(26,27)17-7-6-11-23-15-17/h6-7,9-11,13-15,19H,3-5,8,12H2,1-2H3/t19-/m1/s1. The highest BCUT2D eigenvalue weighted by atomic mass is 32.2. The molecule has 2 aromatic heterocycles. The molecule has 4 rings (SSSR count). The molecule has 1 saturated heterocycles. The Morgan fingerprint density at radius 3 is 2.65 bits per heavy atom. The average molecular weight is 444 g/mol. The Labute approximate surface area is 181 Å². The quantitative estimate of drug-likeness (QED) is 0.567. The van der Waals surface area contributed by atoms with E-state index in [1.165, 1.54) is 10.5 Å². The van der Waals surface area contributed by atoms with Crippen molar-refractivity contribution in [3.8, 4) is 22.8 Å². The Kier molecular flexibility index (Phi) is 6.24. The van der Waals surface area contributed by atoms with Gasteiger partial charge >= 0.3 is 0 Å². The van der Waals surface area contributed by atoms with Crippen molar-refractivity contribution in [2.24, 2.45) is 0 Å². The lowest BCUT2D eigenvalue weighted by molar-refractivity contribution is 0.308. The minimum Gasteiger partial charge on any atom is -0.493 e. The van der Waals surface area contributed by atoms with Crippen LogP contribution in [0.4, 0.5) is 0 Å². The van der Waals surface area contributed by atoms with Crippen LogP contribution in [0.5, 0.6) is 11.5 Å². The molecule has 1 aromatic carbocycles. The number of aromatic nitrogens is 2. The highest BCUT2D eigenvalue weighted by Gasteiger charge is 2.35. The van der Waals surface area contributed by atoms with Gasteiger partial charge in [-0.3, -0.25) is 4.98 Å². The molecule has 0 spiro atoms. The van der Waals surface area contributed by atoms with Crippen LogP contribution in [0.3, 0.4) is 0 Å². The van der Waals surface area contributed by atoms with E-state index in [4.69, 9.17) is 14.0 Å². The Balaban J connectivity index is 1.68. The van der Waals surface area contributed by atoms with E-state index in [1.54, 1.807) is 44.7 Å². The van der Waals surface area contributed by atoms with E-state index in [1.807, 2.05) is 12.1 Å². The van der Waals surface area contributed by atoms with Gasteiger partial charge in [-0.25, -0.2) is 8.42 Å². The predicted octanol–water partition coefficient (Wildman–Crippen LogP) is 4.06. The van der Waals surface area contributed by atoms with Gasteiger partial charge in [0.2, 0.25) is 10.0 Å². The monoisotopic (exact) mass is 443 g/mol. The summed E-state index contributed by atoms with van der Waals surface area (Å²) in [5.74, 6) is 1.73. The number of sulfonamides is 1. The van der Waals surface area contributed by atoms with Crippen LogP contribution in [0.15, 0.2) is 58.2 Å². The maximum atomic E-state index is 13.4. The van der Waals surface area contributed by atoms with Crippen LogP contribution in [-0.2, 0) is 10.0 Å². The fourth-order valence-electron chi connectivity index (χ4n) is 3.87. The minimum atomic E-state index is -3.71. The molecule has 164 valence electrons. The Bertz CT molecular complexity index is 1130. The SMILES string of the molecule is COc1ccc(-c2cc([C@H]3CCCCCN3S(=O)(=O)c3cccnc3)no2)cc1OC. The van der Waals surface area contributed by atoms with Gasteiger partial charge in [0.1, 0.15) is 10.6 Å². The molecule has 3 aromatic rings. The van der Waals surface area contributed by atoms with E-state index in [-0.39, 0.29) is 4.90 Å². The molecule has 3 heterocycles. The number of hydrogen-bond acceptors (Lipinski definition) is 7. The Morgan fingerprint density at radius 2 is 1.90 bits per heavy atom. The lowest BCUT2D eigenvalue weighted by Gasteiger charge is -2.27. The van der Waals surface area contributed by atoms with E-state index in [0.717, 1.165) is 24.8 Å². The van der Waals surface area contributed by atoms with Crippen molar-refractivity contribution in [1.29, 1.82) is 0 Å². The molecule has 1 aliphatic heterocycles. The summed E-state index contributed by atoms with van der Waals surface area (Å²) in [6.07, 6.45) is 6.31. The summed E-state index contributed by atoms with van der Waals surface area (Å²) in [7, 11) is -0.559. The molecule has 0 N–H and O–H groups in total. The normalized spacial score (nSPS) is 17.8. The van der Waals surface area contributed by atoms with Crippen LogP contribution in [0.25, 0.3) is 11.3 Å². The number of hydrogen-bond donors (Lipinski definition) is 0. The molecule has 0 unspecified atom stereocenters. The molecule has 31 heavy (non-hydrogen) atoms. The fraction of sp³-hybridized carbons (Fsp3) is 0.364. The van der Waals surface area contributed by atoms with Crippen LogP contribution >= 0.6 is 0 Å². The van der Waals surface area contributed by atoms with Gasteiger partial charge in [-0.1, -0.05) is 18.0 Å². The Hall–Kier alpha value is -2.91. The largest absolute Gasteiger partial charge is 0.493 e. The zero-order valence-electron chi connectivity index (χ0n) is 17.5. The molecule has 1 atom stereocenters. The zero-order chi connectivity index (χ0) is 21.8. The second-order valence-electron chi connectivity index (χ2n) is 7.36. The number of methoxy groups -OCH3 is 2. The molecule has 0 bridgehead atoms. The highest BCUT2D eigenvalue weighted by molar-refractivity contribution is 7.89. The highest BCUT2D eigenvalue weighted by Crippen LogP contribution is 2.37. The van der Waals surface area contributed by atoms with Crippen molar-refractivity contribution >= 4 is 10.0 Å². The third-order valence-corrected chi connectivity index (χ3v) is 7.37. The molecule has 1 aliphatic rings. The van der Waals surface area contributed by atoms with Crippen molar-refractivity contribution in [3.05, 3.63) is 54.5 Å². The molecule has 9 heteroatoms. The van der Waals surface area contributed by atoms with Gasteiger partial charge in [-0.2, -0.15) is 4.31 Å². The number of nitrogens with zero attached hydrogens (tertiary/aromatic N) is 3. The summed E-state index contributed by atoms with van der Waals surface area (Å²) < 4.78 is 44.5. The maximum absolute atomic E-state index is 13.4. The molecule has 0 aliphatic carbocycles. The topological polar surface area (TPSA) is 94.8 Å². The zero-order valence-corrected chi connectivity index (χ0v) is 18.3. The Morgan fingerprint density at radius 1 is 1.06 bits per heavy atom. The molecule has 1 fully saturated rings. The van der Waals surface area contributed by atoms with Crippen molar-refractivity contribution in [3.63, 3.8) is 0 Å². The number of benzene rings is 1. The van der Waals surface area contributed by atoms with E-state index < -0.39 is 16.1 Å². The summed E-state index contributed by atoms with van der Waals surface area (Å²) in [6.45, 7) is 0.431. The van der Waals surface area contributed by atoms with Gasteiger partial charge in [0.05, 0.1) is 20.3 Å². The molecular formula is C22H25N3O5S. The van der Waals surface area contributed by atoms with E-state index >= 15 is 0 Å². The molecule has 8 nitrogen and oxygen atoms in total. The van der Waals surface area contributed by atoms with Gasteiger partial charge in [-0.15, -0.1) is 0 Å². The van der Waals surface area contributed by atoms with Crippen molar-refractivity contribution in [1.82, 2.24) is 14.4 Å². The first-order valence-electron chi connectivity index (χ1n) is 10.2. The molecule has 0 radical (unpaired) electrons. The van der Waals surface area contributed by atoms with E-state index in [9.17, 15) is 8.42 Å². The minimum absolute atomic E-state index is 0.186. The second-order valence-corrected chi connectivity index (χ2v) is 9.25. The van der Waals surface area contributed by atoms with Crippen molar-refractivity contribution < 1.29 is 22.4 Å². The van der Waals surface area contributed by atoms with Gasteiger partial charge in [0.25, 0.3) is 0 Å². The first-order chi connectivity index (χ1) is 15.0. The summed E-state index contributed by atoms with van der Waals surface area (Å²) in [5, 5.41) is 4.24. The number of pyridine rings is 1. The van der Waals surface area contributed by atoms with E-state index in [2.05, 4.69) is 10.1 Å².